The molecule has 0 aromatic carbocycles. The number of rotatable bonds is 2. The van der Waals surface area contributed by atoms with Gasteiger partial charge in [0.2, 0.25) is 0 Å². The Morgan fingerprint density at radius 2 is 1.53 bits per heavy atom. The lowest BCUT2D eigenvalue weighted by Crippen LogP contribution is -2.72. The maximum Gasteiger partial charge on any atom is 0.113 e. The van der Waals surface area contributed by atoms with Gasteiger partial charge in [-0.15, -0.1) is 0 Å². The molecule has 1 aliphatic rings. The van der Waals surface area contributed by atoms with Crippen molar-refractivity contribution in [3.63, 3.8) is 0 Å². The van der Waals surface area contributed by atoms with Gasteiger partial charge in [0.1, 0.15) is 23.9 Å². The lowest BCUT2D eigenvalue weighted by molar-refractivity contribution is -0.283. The molecule has 0 saturated carbocycles. The molecule has 114 valence electrons. The third-order valence-electron chi connectivity index (χ3n) is 4.11. The first kappa shape index (κ1) is 16.9. The van der Waals surface area contributed by atoms with Gasteiger partial charge < -0.3 is 25.8 Å². The first-order valence-electron chi connectivity index (χ1n) is 6.80. The predicted molar refractivity (Wildman–Crippen MR) is 73.6 cm³/mol. The van der Waals surface area contributed by atoms with Gasteiger partial charge in [-0.2, -0.15) is 0 Å². The van der Waals surface area contributed by atoms with Gasteiger partial charge in [-0.05, 0) is 32.6 Å². The van der Waals surface area contributed by atoms with Gasteiger partial charge in [0.15, 0.2) is 0 Å². The van der Waals surface area contributed by atoms with E-state index in [2.05, 4.69) is 0 Å². The standard InChI is InChI=1S/C14H29NO4/c1-12(2,3)7-8-9(16)10(17)11(18)14(6,19-8)13(4,5)15/h8-11,16-18H,7,15H2,1-6H3/t8-,9-,10+,11-,14?/m1/s1. The molecule has 1 aliphatic heterocycles. The van der Waals surface area contributed by atoms with Crippen molar-refractivity contribution in [1.29, 1.82) is 0 Å². The molecule has 0 aliphatic carbocycles. The van der Waals surface area contributed by atoms with Crippen molar-refractivity contribution in [2.24, 2.45) is 11.1 Å². The van der Waals surface area contributed by atoms with E-state index in [0.717, 1.165) is 0 Å². The van der Waals surface area contributed by atoms with Gasteiger partial charge in [-0.1, -0.05) is 20.8 Å². The molecule has 5 N–H and O–H groups in total. The molecule has 0 aromatic rings. The highest BCUT2D eigenvalue weighted by Gasteiger charge is 2.56. The maximum atomic E-state index is 10.2. The molecular formula is C14H29NO4. The number of hydrogen-bond acceptors (Lipinski definition) is 5. The van der Waals surface area contributed by atoms with Crippen molar-refractivity contribution in [1.82, 2.24) is 0 Å². The maximum absolute atomic E-state index is 10.2. The van der Waals surface area contributed by atoms with E-state index in [9.17, 15) is 15.3 Å². The molecule has 5 atom stereocenters. The van der Waals surface area contributed by atoms with Crippen LogP contribution < -0.4 is 5.73 Å². The molecule has 1 heterocycles. The Bertz CT molecular complexity index is 320. The third-order valence-corrected chi connectivity index (χ3v) is 4.11. The van der Waals surface area contributed by atoms with Crippen molar-refractivity contribution in [3.8, 4) is 0 Å². The van der Waals surface area contributed by atoms with Crippen LogP contribution in [0.5, 0.6) is 0 Å². The minimum absolute atomic E-state index is 0.0622. The lowest BCUT2D eigenvalue weighted by atomic mass is 9.73. The SMILES string of the molecule is CC(C)(C)C[C@H]1OC(C)(C(C)(C)N)[C@H](O)[C@@H](O)[C@@H]1O. The van der Waals surface area contributed by atoms with Crippen molar-refractivity contribution in [2.45, 2.75) is 83.5 Å². The summed E-state index contributed by atoms with van der Waals surface area (Å²) in [5.41, 5.74) is 4.08. The zero-order valence-corrected chi connectivity index (χ0v) is 12.8. The van der Waals surface area contributed by atoms with Crippen molar-refractivity contribution >= 4 is 0 Å². The van der Waals surface area contributed by atoms with Crippen LogP contribution >= 0.6 is 0 Å². The number of ether oxygens (including phenoxy) is 1. The van der Waals surface area contributed by atoms with Crippen LogP contribution in [0.4, 0.5) is 0 Å². The molecule has 0 aromatic heterocycles. The predicted octanol–water partition coefficient (Wildman–Crippen LogP) is 0.400. The van der Waals surface area contributed by atoms with Gasteiger partial charge in [0.25, 0.3) is 0 Å². The summed E-state index contributed by atoms with van der Waals surface area (Å²) in [4.78, 5) is 0. The lowest BCUT2D eigenvalue weighted by Gasteiger charge is -2.53. The number of nitrogens with two attached hydrogens (primary N) is 1. The molecule has 0 radical (unpaired) electrons. The second kappa shape index (κ2) is 4.97. The first-order chi connectivity index (χ1) is 8.29. The van der Waals surface area contributed by atoms with E-state index < -0.39 is 35.6 Å². The largest absolute Gasteiger partial charge is 0.388 e. The van der Waals surface area contributed by atoms with Crippen molar-refractivity contribution in [2.75, 3.05) is 0 Å². The zero-order chi connectivity index (χ0) is 15.2. The fourth-order valence-electron chi connectivity index (χ4n) is 2.49. The van der Waals surface area contributed by atoms with E-state index in [1.54, 1.807) is 20.8 Å². The zero-order valence-electron chi connectivity index (χ0n) is 12.8. The van der Waals surface area contributed by atoms with Gasteiger partial charge >= 0.3 is 0 Å². The summed E-state index contributed by atoms with van der Waals surface area (Å²) in [6, 6.07) is 0. The average molecular weight is 275 g/mol. The molecule has 1 rings (SSSR count). The summed E-state index contributed by atoms with van der Waals surface area (Å²) in [7, 11) is 0. The van der Waals surface area contributed by atoms with Crippen molar-refractivity contribution in [3.05, 3.63) is 0 Å². The van der Waals surface area contributed by atoms with Crippen LogP contribution in [0.25, 0.3) is 0 Å². The van der Waals surface area contributed by atoms with E-state index >= 15 is 0 Å². The molecule has 0 amide bonds. The second-order valence-corrected chi connectivity index (χ2v) is 7.68. The first-order valence-corrected chi connectivity index (χ1v) is 6.80. The van der Waals surface area contributed by atoms with Crippen LogP contribution in [-0.4, -0.2) is 50.9 Å². The van der Waals surface area contributed by atoms with E-state index in [1.807, 2.05) is 20.8 Å². The molecule has 0 bridgehead atoms. The Hall–Kier alpha value is -0.200. The summed E-state index contributed by atoms with van der Waals surface area (Å²) < 4.78 is 5.92. The normalized spacial score (nSPS) is 41.4. The van der Waals surface area contributed by atoms with E-state index in [-0.39, 0.29) is 5.41 Å². The second-order valence-electron chi connectivity index (χ2n) is 7.68. The minimum atomic E-state index is -1.26. The fourth-order valence-corrected chi connectivity index (χ4v) is 2.49. The molecular weight excluding hydrogens is 246 g/mol. The molecule has 1 saturated heterocycles. The topological polar surface area (TPSA) is 95.9 Å². The molecule has 1 unspecified atom stereocenters. The van der Waals surface area contributed by atoms with Gasteiger partial charge in [-0.3, -0.25) is 0 Å². The fraction of sp³-hybridized carbons (Fsp3) is 1.00. The van der Waals surface area contributed by atoms with E-state index in [1.165, 1.54) is 0 Å². The Balaban J connectivity index is 3.05. The Kier molecular flexibility index (Phi) is 4.41. The number of aliphatic hydroxyl groups excluding tert-OH is 3. The quantitative estimate of drug-likeness (QED) is 0.585. The summed E-state index contributed by atoms with van der Waals surface area (Å²) in [5, 5.41) is 30.4. The van der Waals surface area contributed by atoms with Crippen LogP contribution in [0, 0.1) is 5.41 Å². The van der Waals surface area contributed by atoms with Crippen LogP contribution in [-0.2, 0) is 4.74 Å². The molecule has 5 nitrogen and oxygen atoms in total. The molecule has 19 heavy (non-hydrogen) atoms. The average Bonchev–Trinajstić information content (AvgIpc) is 2.19. The molecule has 0 spiro atoms. The number of hydrogen-bond donors (Lipinski definition) is 4. The highest BCUT2D eigenvalue weighted by atomic mass is 16.5. The minimum Gasteiger partial charge on any atom is -0.388 e. The van der Waals surface area contributed by atoms with E-state index in [0.29, 0.717) is 6.42 Å². The van der Waals surface area contributed by atoms with Crippen LogP contribution in [0.1, 0.15) is 48.0 Å². The van der Waals surface area contributed by atoms with Gasteiger partial charge in [0.05, 0.1) is 6.10 Å². The molecule has 1 fully saturated rings. The van der Waals surface area contributed by atoms with Crippen LogP contribution in [0.15, 0.2) is 0 Å². The van der Waals surface area contributed by atoms with Gasteiger partial charge in [0, 0.05) is 5.54 Å². The highest BCUT2D eigenvalue weighted by molar-refractivity contribution is 5.09. The summed E-state index contributed by atoms with van der Waals surface area (Å²) in [6.07, 6.45) is -3.56. The monoisotopic (exact) mass is 275 g/mol. The van der Waals surface area contributed by atoms with Crippen LogP contribution in [0.3, 0.4) is 0 Å². The number of aliphatic hydroxyl groups is 3. The Labute approximate surface area is 115 Å². The van der Waals surface area contributed by atoms with Gasteiger partial charge in [-0.25, -0.2) is 0 Å². The molecule has 5 heteroatoms. The van der Waals surface area contributed by atoms with Crippen molar-refractivity contribution < 1.29 is 20.1 Å². The smallest absolute Gasteiger partial charge is 0.113 e. The summed E-state index contributed by atoms with van der Waals surface area (Å²) in [6.45, 7) is 11.3. The Morgan fingerprint density at radius 1 is 1.05 bits per heavy atom. The third kappa shape index (κ3) is 3.28. The summed E-state index contributed by atoms with van der Waals surface area (Å²) >= 11 is 0. The summed E-state index contributed by atoms with van der Waals surface area (Å²) in [5.74, 6) is 0. The van der Waals surface area contributed by atoms with Crippen LogP contribution in [0.2, 0.25) is 0 Å². The highest BCUT2D eigenvalue weighted by Crippen LogP contribution is 2.39. The van der Waals surface area contributed by atoms with E-state index in [4.69, 9.17) is 10.5 Å². The Morgan fingerprint density at radius 3 is 1.89 bits per heavy atom.